The molecule has 1 saturated carbocycles. The highest BCUT2D eigenvalue weighted by Crippen LogP contribution is 2.51. The van der Waals surface area contributed by atoms with Crippen molar-refractivity contribution in [3.8, 4) is 5.75 Å². The number of nitro benzene ring substituents is 1. The monoisotopic (exact) mass is 600 g/mol. The SMILES string of the molecule is Cc1ccc2c(n1)C1(CCCC1)CN2c1ccnc(Nc2cc([N+](=O)[O-])c(N(C)CCN(C)C)cc2OCC(F)(F)F)n1. The molecule has 14 heteroatoms. The van der Waals surface area contributed by atoms with Crippen LogP contribution in [-0.4, -0.2) is 78.3 Å². The van der Waals surface area contributed by atoms with E-state index < -0.39 is 17.7 Å². The molecule has 0 bridgehead atoms. The normalized spacial score (nSPS) is 15.7. The van der Waals surface area contributed by atoms with Crippen molar-refractivity contribution in [2.45, 2.75) is 44.2 Å². The number of hydrogen-bond acceptors (Lipinski definition) is 10. The fourth-order valence-electron chi connectivity index (χ4n) is 5.81. The Balaban J connectivity index is 1.50. The van der Waals surface area contributed by atoms with Gasteiger partial charge in [-0.05, 0) is 52.1 Å². The Bertz CT molecular complexity index is 1490. The first-order valence-electron chi connectivity index (χ1n) is 14.1. The van der Waals surface area contributed by atoms with Crippen molar-refractivity contribution in [2.24, 2.45) is 0 Å². The second kappa shape index (κ2) is 11.8. The lowest BCUT2D eigenvalue weighted by Gasteiger charge is -2.25. The highest BCUT2D eigenvalue weighted by molar-refractivity contribution is 5.77. The van der Waals surface area contributed by atoms with Crippen molar-refractivity contribution in [2.75, 3.05) is 62.5 Å². The van der Waals surface area contributed by atoms with E-state index in [4.69, 9.17) is 9.72 Å². The molecule has 5 rings (SSSR count). The lowest BCUT2D eigenvalue weighted by atomic mass is 9.84. The highest BCUT2D eigenvalue weighted by Gasteiger charge is 2.46. The zero-order valence-corrected chi connectivity index (χ0v) is 24.6. The largest absolute Gasteiger partial charge is 0.482 e. The number of nitro groups is 1. The molecule has 1 aliphatic heterocycles. The number of nitrogens with one attached hydrogen (secondary N) is 1. The summed E-state index contributed by atoms with van der Waals surface area (Å²) in [5.74, 6) is 0.437. The number of halogens is 3. The number of ether oxygens (including phenoxy) is 1. The molecule has 1 N–H and O–H groups in total. The molecule has 0 unspecified atom stereocenters. The number of pyridine rings is 1. The predicted molar refractivity (Wildman–Crippen MR) is 158 cm³/mol. The van der Waals surface area contributed by atoms with Crippen LogP contribution < -0.4 is 19.9 Å². The summed E-state index contributed by atoms with van der Waals surface area (Å²) in [5.41, 5.74) is 2.69. The minimum absolute atomic E-state index is 0.0516. The van der Waals surface area contributed by atoms with Gasteiger partial charge in [-0.15, -0.1) is 0 Å². The van der Waals surface area contributed by atoms with Crippen molar-refractivity contribution in [1.82, 2.24) is 19.9 Å². The third-order valence-corrected chi connectivity index (χ3v) is 7.95. The average molecular weight is 601 g/mol. The summed E-state index contributed by atoms with van der Waals surface area (Å²) < 4.78 is 44.7. The van der Waals surface area contributed by atoms with Crippen LogP contribution in [-0.2, 0) is 5.41 Å². The Morgan fingerprint density at radius 1 is 1.12 bits per heavy atom. The average Bonchev–Trinajstić information content (AvgIpc) is 3.55. The van der Waals surface area contributed by atoms with Gasteiger partial charge < -0.3 is 24.8 Å². The maximum absolute atomic E-state index is 13.2. The topological polar surface area (TPSA) is 113 Å². The van der Waals surface area contributed by atoms with E-state index in [9.17, 15) is 23.3 Å². The summed E-state index contributed by atoms with van der Waals surface area (Å²) in [7, 11) is 5.35. The minimum Gasteiger partial charge on any atom is -0.482 e. The maximum Gasteiger partial charge on any atom is 0.422 e. The number of aromatic nitrogens is 3. The fraction of sp³-hybridized carbons (Fsp3) is 0.483. The summed E-state index contributed by atoms with van der Waals surface area (Å²) >= 11 is 0. The molecular formula is C29H35F3N8O3. The number of fused-ring (bicyclic) bond motifs is 2. The predicted octanol–water partition coefficient (Wildman–Crippen LogP) is 5.73. The Morgan fingerprint density at radius 3 is 2.53 bits per heavy atom. The molecule has 3 aromatic rings. The number of alkyl halides is 3. The zero-order valence-electron chi connectivity index (χ0n) is 24.6. The van der Waals surface area contributed by atoms with E-state index >= 15 is 0 Å². The standard InChI is InChI=1S/C29H35F3N8O3/c1-19-7-8-21-26(34-19)28(10-5-6-11-28)17-39(21)25-9-12-33-27(36-25)35-20-15-23(40(41)42)22(38(4)14-13-37(2)3)16-24(20)43-18-29(30,31)32/h7-9,12,15-16H,5-6,10-11,13-14,17-18H2,1-4H3,(H,33,35,36). The van der Waals surface area contributed by atoms with Crippen LogP contribution in [0.15, 0.2) is 36.5 Å². The van der Waals surface area contributed by atoms with Crippen molar-refractivity contribution in [1.29, 1.82) is 0 Å². The van der Waals surface area contributed by atoms with E-state index in [1.54, 1.807) is 24.2 Å². The summed E-state index contributed by atoms with van der Waals surface area (Å²) in [5, 5.41) is 15.0. The van der Waals surface area contributed by atoms with E-state index in [1.807, 2.05) is 38.1 Å². The van der Waals surface area contributed by atoms with Crippen LogP contribution in [0.5, 0.6) is 5.75 Å². The second-order valence-corrected chi connectivity index (χ2v) is 11.5. The maximum atomic E-state index is 13.2. The molecule has 0 radical (unpaired) electrons. The van der Waals surface area contributed by atoms with Crippen molar-refractivity contribution < 1.29 is 22.8 Å². The summed E-state index contributed by atoms with van der Waals surface area (Å²) in [6.45, 7) is 2.08. The Hall–Kier alpha value is -4.20. The zero-order chi connectivity index (χ0) is 30.9. The number of benzene rings is 1. The quantitative estimate of drug-likeness (QED) is 0.229. The number of hydrogen-bond donors (Lipinski definition) is 1. The van der Waals surface area contributed by atoms with Crippen LogP contribution in [0.25, 0.3) is 0 Å². The van der Waals surface area contributed by atoms with Crippen LogP contribution in [0, 0.1) is 17.0 Å². The van der Waals surface area contributed by atoms with E-state index in [0.29, 0.717) is 25.5 Å². The van der Waals surface area contributed by atoms with Gasteiger partial charge in [-0.3, -0.25) is 15.1 Å². The summed E-state index contributed by atoms with van der Waals surface area (Å²) in [6.07, 6.45) is 1.24. The van der Waals surface area contributed by atoms with Gasteiger partial charge in [0.2, 0.25) is 5.95 Å². The van der Waals surface area contributed by atoms with Crippen LogP contribution >= 0.6 is 0 Å². The third kappa shape index (κ3) is 6.58. The summed E-state index contributed by atoms with van der Waals surface area (Å²) in [4.78, 5) is 30.9. The number of nitrogens with zero attached hydrogens (tertiary/aromatic N) is 7. The molecule has 230 valence electrons. The van der Waals surface area contributed by atoms with Gasteiger partial charge in [0.05, 0.1) is 22.0 Å². The molecule has 0 amide bonds. The minimum atomic E-state index is -4.61. The van der Waals surface area contributed by atoms with Crippen LogP contribution in [0.2, 0.25) is 0 Å². The molecule has 3 heterocycles. The molecule has 11 nitrogen and oxygen atoms in total. The molecule has 1 spiro atoms. The van der Waals surface area contributed by atoms with Crippen LogP contribution in [0.1, 0.15) is 37.1 Å². The third-order valence-electron chi connectivity index (χ3n) is 7.95. The van der Waals surface area contributed by atoms with E-state index in [1.165, 1.54) is 6.07 Å². The van der Waals surface area contributed by atoms with E-state index in [2.05, 4.69) is 20.2 Å². The number of likely N-dealkylation sites (N-methyl/N-ethyl adjacent to an activating group) is 2. The molecule has 1 aliphatic carbocycles. The number of anilines is 5. The van der Waals surface area contributed by atoms with Gasteiger partial charge in [0.1, 0.15) is 17.3 Å². The molecule has 1 aromatic carbocycles. The smallest absolute Gasteiger partial charge is 0.422 e. The molecule has 0 saturated heterocycles. The lowest BCUT2D eigenvalue weighted by Crippen LogP contribution is -2.29. The fourth-order valence-corrected chi connectivity index (χ4v) is 5.81. The Morgan fingerprint density at radius 2 is 1.86 bits per heavy atom. The van der Waals surface area contributed by atoms with Gasteiger partial charge in [-0.25, -0.2) is 4.98 Å². The first-order valence-corrected chi connectivity index (χ1v) is 14.1. The molecular weight excluding hydrogens is 565 g/mol. The van der Waals surface area contributed by atoms with Gasteiger partial charge in [0, 0.05) is 56.1 Å². The van der Waals surface area contributed by atoms with Crippen molar-refractivity contribution >= 4 is 34.5 Å². The van der Waals surface area contributed by atoms with Gasteiger partial charge in [-0.2, -0.15) is 18.2 Å². The van der Waals surface area contributed by atoms with E-state index in [-0.39, 0.29) is 34.2 Å². The first kappa shape index (κ1) is 30.3. The van der Waals surface area contributed by atoms with Crippen LogP contribution in [0.3, 0.4) is 0 Å². The lowest BCUT2D eigenvalue weighted by molar-refractivity contribution is -0.384. The summed E-state index contributed by atoms with van der Waals surface area (Å²) in [6, 6.07) is 8.17. The van der Waals surface area contributed by atoms with Crippen LogP contribution in [0.4, 0.5) is 47.7 Å². The first-order chi connectivity index (χ1) is 20.3. The molecule has 2 aliphatic rings. The van der Waals surface area contributed by atoms with Gasteiger partial charge in [0.25, 0.3) is 5.69 Å². The number of aryl methyl sites for hydroxylation is 1. The molecule has 1 fully saturated rings. The molecule has 43 heavy (non-hydrogen) atoms. The van der Waals surface area contributed by atoms with E-state index in [0.717, 1.165) is 48.8 Å². The molecule has 0 atom stereocenters. The van der Waals surface area contributed by atoms with Gasteiger partial charge >= 0.3 is 6.18 Å². The van der Waals surface area contributed by atoms with Gasteiger partial charge in [-0.1, -0.05) is 12.8 Å². The highest BCUT2D eigenvalue weighted by atomic mass is 19.4. The Kier molecular flexibility index (Phi) is 8.32. The molecule has 2 aromatic heterocycles. The second-order valence-electron chi connectivity index (χ2n) is 11.5. The van der Waals surface area contributed by atoms with Gasteiger partial charge in [0.15, 0.2) is 6.61 Å². The van der Waals surface area contributed by atoms with Crippen molar-refractivity contribution in [3.63, 3.8) is 0 Å². The number of rotatable bonds is 10. The van der Waals surface area contributed by atoms with Crippen molar-refractivity contribution in [3.05, 3.63) is 58.0 Å². The Labute approximate surface area is 247 Å².